The molecule has 2 atom stereocenters. The van der Waals surface area contributed by atoms with Gasteiger partial charge in [0.15, 0.2) is 0 Å². The third-order valence-electron chi connectivity index (χ3n) is 4.76. The molecule has 0 aliphatic heterocycles. The number of nitrogens with zero attached hydrogens (tertiary/aromatic N) is 1. The van der Waals surface area contributed by atoms with Gasteiger partial charge in [0.25, 0.3) is 5.91 Å². The zero-order chi connectivity index (χ0) is 26.9. The first-order valence-electron chi connectivity index (χ1n) is 10.7. The number of amides is 4. The van der Waals surface area contributed by atoms with Crippen LogP contribution in [-0.4, -0.2) is 60.0 Å². The Morgan fingerprint density at radius 1 is 1.14 bits per heavy atom. The summed E-state index contributed by atoms with van der Waals surface area (Å²) in [4.78, 5) is 62.7. The second-order valence-electron chi connectivity index (χ2n) is 8.75. The van der Waals surface area contributed by atoms with E-state index in [1.165, 1.54) is 0 Å². The average Bonchev–Trinajstić information content (AvgIpc) is 2.74. The van der Waals surface area contributed by atoms with Crippen LogP contribution >= 0.6 is 0 Å². The third kappa shape index (κ3) is 9.00. The van der Waals surface area contributed by atoms with E-state index < -0.39 is 60.4 Å². The monoisotopic (exact) mass is 488 g/mol. The molecule has 0 saturated carbocycles. The van der Waals surface area contributed by atoms with Gasteiger partial charge in [-0.15, -0.1) is 0 Å². The van der Waals surface area contributed by atoms with Crippen LogP contribution in [0.4, 0.5) is 4.79 Å². The number of aryl methyl sites for hydroxylation is 2. The first kappa shape index (κ1) is 29.0. The van der Waals surface area contributed by atoms with E-state index in [0.717, 1.165) is 23.1 Å². The molecule has 0 saturated heterocycles. The summed E-state index contributed by atoms with van der Waals surface area (Å²) in [7, 11) is 1.16. The number of primary amides is 1. The van der Waals surface area contributed by atoms with Crippen LogP contribution in [-0.2, 0) is 28.7 Å². The fraction of sp³-hybridized carbons (Fsp3) is 0.458. The van der Waals surface area contributed by atoms with Gasteiger partial charge in [-0.3, -0.25) is 24.1 Å². The van der Waals surface area contributed by atoms with Crippen LogP contribution < -0.4 is 16.4 Å². The van der Waals surface area contributed by atoms with Crippen molar-refractivity contribution in [1.82, 2.24) is 15.5 Å². The van der Waals surface area contributed by atoms with Gasteiger partial charge in [0, 0.05) is 6.04 Å². The molecular formula is C24H32N4O7. The Hall–Kier alpha value is -4.07. The van der Waals surface area contributed by atoms with E-state index in [-0.39, 0.29) is 0 Å². The summed E-state index contributed by atoms with van der Waals surface area (Å²) in [5.74, 6) is -3.34. The molecule has 11 heteroatoms. The number of nitrogens with two attached hydrogens (primary N) is 1. The number of ether oxygens (including phenoxy) is 2. The van der Waals surface area contributed by atoms with Gasteiger partial charge in [-0.1, -0.05) is 24.6 Å². The fourth-order valence-electron chi connectivity index (χ4n) is 2.96. The number of benzene rings is 1. The maximum Gasteiger partial charge on any atom is 0.408 e. The van der Waals surface area contributed by atoms with Crippen LogP contribution in [0.15, 0.2) is 18.2 Å². The molecule has 0 radical (unpaired) electrons. The number of hydrogen-bond acceptors (Lipinski definition) is 7. The number of carbonyl (C=O) groups excluding carboxylic acids is 5. The number of nitrogens with one attached hydrogen (secondary N) is 2. The van der Waals surface area contributed by atoms with Crippen LogP contribution in [0.25, 0.3) is 0 Å². The largest absolute Gasteiger partial charge is 0.468 e. The minimum Gasteiger partial charge on any atom is -0.468 e. The van der Waals surface area contributed by atoms with Gasteiger partial charge < -0.3 is 25.8 Å². The molecule has 1 rings (SSSR count). The van der Waals surface area contributed by atoms with Crippen LogP contribution in [0, 0.1) is 26.3 Å². The topological polar surface area (TPSA) is 157 Å². The molecule has 0 aromatic heterocycles. The molecule has 0 heterocycles. The van der Waals surface area contributed by atoms with Gasteiger partial charge in [0.1, 0.15) is 24.2 Å². The minimum atomic E-state index is -1.51. The van der Waals surface area contributed by atoms with Gasteiger partial charge in [-0.05, 0) is 51.3 Å². The molecule has 0 aliphatic carbocycles. The quantitative estimate of drug-likeness (QED) is 0.264. The minimum absolute atomic E-state index is 0.344. The lowest BCUT2D eigenvalue weighted by Gasteiger charge is -2.30. The zero-order valence-corrected chi connectivity index (χ0v) is 20.8. The van der Waals surface area contributed by atoms with Crippen LogP contribution in [0.2, 0.25) is 0 Å². The normalized spacial score (nSPS) is 12.4. The Bertz CT molecular complexity index is 1020. The average molecular weight is 489 g/mol. The standard InChI is InChI=1S/C24H32N4O7/c1-8-28(22(32)17(12-18(25)29)27-23(33)35-24(4,5)6)20(21(31)26-13-19(30)34-7)16-10-9-14(2)15(3)11-16/h1,9-11,17,20H,12-13H2,2-7H3,(H2,25,29)(H,26,31)(H,27,33). The molecule has 11 nitrogen and oxygen atoms in total. The number of esters is 1. The molecule has 1 aromatic carbocycles. The SMILES string of the molecule is C#CN(C(=O)C(CC(N)=O)NC(=O)OC(C)(C)C)C(C(=O)NCC(=O)OC)c1ccc(C)c(C)c1. The molecule has 1 aromatic rings. The van der Waals surface area contributed by atoms with Crippen LogP contribution in [0.5, 0.6) is 0 Å². The lowest BCUT2D eigenvalue weighted by molar-refractivity contribution is -0.143. The molecule has 35 heavy (non-hydrogen) atoms. The summed E-state index contributed by atoms with van der Waals surface area (Å²) in [5.41, 5.74) is 6.48. The van der Waals surface area contributed by atoms with E-state index in [9.17, 15) is 24.0 Å². The van der Waals surface area contributed by atoms with Crippen LogP contribution in [0.1, 0.15) is 49.9 Å². The zero-order valence-electron chi connectivity index (χ0n) is 20.8. The van der Waals surface area contributed by atoms with Crippen molar-refractivity contribution in [2.45, 2.75) is 58.7 Å². The summed E-state index contributed by atoms with van der Waals surface area (Å²) in [6.45, 7) is 8.06. The highest BCUT2D eigenvalue weighted by Crippen LogP contribution is 2.24. The predicted molar refractivity (Wildman–Crippen MR) is 126 cm³/mol. The smallest absolute Gasteiger partial charge is 0.408 e. The maximum atomic E-state index is 13.4. The molecule has 190 valence electrons. The van der Waals surface area contributed by atoms with Gasteiger partial charge in [-0.2, -0.15) is 0 Å². The van der Waals surface area contributed by atoms with Gasteiger partial charge >= 0.3 is 12.1 Å². The van der Waals surface area contributed by atoms with E-state index in [4.69, 9.17) is 16.9 Å². The highest BCUT2D eigenvalue weighted by molar-refractivity contribution is 5.96. The number of rotatable bonds is 9. The molecule has 4 N–H and O–H groups in total. The molecular weight excluding hydrogens is 456 g/mol. The van der Waals surface area contributed by atoms with Gasteiger partial charge in [0.2, 0.25) is 11.8 Å². The fourth-order valence-corrected chi connectivity index (χ4v) is 2.96. The second kappa shape index (κ2) is 12.4. The van der Waals surface area contributed by atoms with Crippen molar-refractivity contribution in [3.05, 3.63) is 34.9 Å². The first-order valence-corrected chi connectivity index (χ1v) is 10.7. The third-order valence-corrected chi connectivity index (χ3v) is 4.76. The lowest BCUT2D eigenvalue weighted by atomic mass is 9.98. The van der Waals surface area contributed by atoms with Crippen molar-refractivity contribution in [2.75, 3.05) is 13.7 Å². The van der Waals surface area contributed by atoms with Gasteiger partial charge in [-0.25, -0.2) is 4.79 Å². The molecule has 0 fully saturated rings. The summed E-state index contributed by atoms with van der Waals surface area (Å²) in [5, 5.41) is 4.67. The van der Waals surface area contributed by atoms with Crippen molar-refractivity contribution in [3.8, 4) is 12.5 Å². The summed E-state index contributed by atoms with van der Waals surface area (Å²) < 4.78 is 9.69. The van der Waals surface area contributed by atoms with E-state index in [1.54, 1.807) is 39.0 Å². The lowest BCUT2D eigenvalue weighted by Crippen LogP contribution is -2.52. The number of carbonyl (C=O) groups is 5. The molecule has 2 unspecified atom stereocenters. The summed E-state index contributed by atoms with van der Waals surface area (Å²) in [6, 6.07) is 4.26. The molecule has 0 aliphatic rings. The summed E-state index contributed by atoms with van der Waals surface area (Å²) in [6.07, 6.45) is 4.05. The first-order chi connectivity index (χ1) is 16.2. The maximum absolute atomic E-state index is 13.4. The second-order valence-corrected chi connectivity index (χ2v) is 8.75. The highest BCUT2D eigenvalue weighted by atomic mass is 16.6. The summed E-state index contributed by atoms with van der Waals surface area (Å²) >= 11 is 0. The van der Waals surface area contributed by atoms with Crippen molar-refractivity contribution in [1.29, 1.82) is 0 Å². The Balaban J connectivity index is 3.42. The number of methoxy groups -OCH3 is 1. The van der Waals surface area contributed by atoms with E-state index in [2.05, 4.69) is 21.4 Å². The predicted octanol–water partition coefficient (Wildman–Crippen LogP) is 0.822. The highest BCUT2D eigenvalue weighted by Gasteiger charge is 2.36. The Labute approximate surface area is 204 Å². The van der Waals surface area contributed by atoms with E-state index in [0.29, 0.717) is 5.56 Å². The molecule has 4 amide bonds. The Morgan fingerprint density at radius 2 is 1.77 bits per heavy atom. The van der Waals surface area contributed by atoms with E-state index >= 15 is 0 Å². The molecule has 0 bridgehead atoms. The Kier molecular flexibility index (Phi) is 10.3. The number of alkyl carbamates (subject to hydrolysis) is 1. The van der Waals surface area contributed by atoms with Crippen molar-refractivity contribution in [3.63, 3.8) is 0 Å². The number of terminal acetylenes is 1. The van der Waals surface area contributed by atoms with Crippen LogP contribution in [0.3, 0.4) is 0 Å². The Morgan fingerprint density at radius 3 is 2.26 bits per heavy atom. The number of hydrogen-bond donors (Lipinski definition) is 3. The van der Waals surface area contributed by atoms with Gasteiger partial charge in [0.05, 0.1) is 13.5 Å². The van der Waals surface area contributed by atoms with Crippen molar-refractivity contribution >= 4 is 29.8 Å². The molecule has 0 spiro atoms. The van der Waals surface area contributed by atoms with Crippen molar-refractivity contribution < 1.29 is 33.4 Å². The van der Waals surface area contributed by atoms with Crippen molar-refractivity contribution in [2.24, 2.45) is 5.73 Å². The van der Waals surface area contributed by atoms with E-state index in [1.807, 2.05) is 13.8 Å².